The predicted molar refractivity (Wildman–Crippen MR) is 106 cm³/mol. The molecule has 1 aromatic heterocycles. The second-order valence-corrected chi connectivity index (χ2v) is 7.31. The van der Waals surface area contributed by atoms with E-state index in [9.17, 15) is 9.59 Å². The summed E-state index contributed by atoms with van der Waals surface area (Å²) in [5.74, 6) is 0.144. The first-order valence-electron chi connectivity index (χ1n) is 8.10. The normalized spacial score (nSPS) is 12.0. The van der Waals surface area contributed by atoms with E-state index in [1.54, 1.807) is 11.8 Å². The minimum Gasteiger partial charge on any atom is -0.459 e. The summed E-state index contributed by atoms with van der Waals surface area (Å²) in [6.07, 6.45) is 2.35. The quantitative estimate of drug-likeness (QED) is 0.553. The average Bonchev–Trinajstić information content (AvgIpc) is 2.60. The van der Waals surface area contributed by atoms with Crippen LogP contribution in [0.2, 0.25) is 5.15 Å². The Balaban J connectivity index is 2.14. The van der Waals surface area contributed by atoms with Crippen molar-refractivity contribution in [3.63, 3.8) is 0 Å². The number of amides is 2. The van der Waals surface area contributed by atoms with Crippen molar-refractivity contribution in [3.05, 3.63) is 40.0 Å². The molecular formula is C18H22ClN3O3S. The second kappa shape index (κ2) is 9.09. The van der Waals surface area contributed by atoms with Crippen molar-refractivity contribution in [2.45, 2.75) is 32.9 Å². The second-order valence-electron chi connectivity index (χ2n) is 5.97. The summed E-state index contributed by atoms with van der Waals surface area (Å²) < 4.78 is 5.33. The zero-order valence-corrected chi connectivity index (χ0v) is 16.5. The van der Waals surface area contributed by atoms with Crippen LogP contribution in [0.5, 0.6) is 0 Å². The Morgan fingerprint density at radius 2 is 2.12 bits per heavy atom. The molecule has 2 rings (SSSR count). The van der Waals surface area contributed by atoms with Crippen molar-refractivity contribution in [1.29, 1.82) is 0 Å². The smallest absolute Gasteiger partial charge is 0.329 e. The summed E-state index contributed by atoms with van der Waals surface area (Å²) in [6, 6.07) is 4.30. The standard InChI is InChI=1S/C18H22ClN3O3S/c1-10-4-5-12-8-13(16(19)22-15(12)11(10)2)9-25-17(23)14(6-7-26-3)21-18(20)24/h4-5,8,14H,6-7,9H2,1-3H3,(H3,20,21,24)/t14-/m0/s1. The summed E-state index contributed by atoms with van der Waals surface area (Å²) >= 11 is 7.83. The van der Waals surface area contributed by atoms with Crippen LogP contribution in [-0.4, -0.2) is 35.0 Å². The number of carbonyl (C=O) groups excluding carboxylic acids is 2. The van der Waals surface area contributed by atoms with Gasteiger partial charge in [-0.15, -0.1) is 0 Å². The Morgan fingerprint density at radius 3 is 2.77 bits per heavy atom. The van der Waals surface area contributed by atoms with E-state index in [-0.39, 0.29) is 6.61 Å². The highest BCUT2D eigenvalue weighted by atomic mass is 35.5. The molecule has 26 heavy (non-hydrogen) atoms. The third kappa shape index (κ3) is 5.02. The number of nitrogens with two attached hydrogens (primary N) is 1. The van der Waals surface area contributed by atoms with Crippen molar-refractivity contribution in [2.75, 3.05) is 12.0 Å². The highest BCUT2D eigenvalue weighted by Crippen LogP contribution is 2.25. The van der Waals surface area contributed by atoms with E-state index >= 15 is 0 Å². The number of hydrogen-bond acceptors (Lipinski definition) is 5. The molecule has 3 N–H and O–H groups in total. The number of carbonyl (C=O) groups is 2. The number of aryl methyl sites for hydroxylation is 2. The summed E-state index contributed by atoms with van der Waals surface area (Å²) in [4.78, 5) is 27.8. The molecule has 0 saturated heterocycles. The maximum Gasteiger partial charge on any atom is 0.329 e. The third-order valence-electron chi connectivity index (χ3n) is 4.12. The molecule has 1 atom stereocenters. The molecule has 0 unspecified atom stereocenters. The Kier molecular flexibility index (Phi) is 7.11. The van der Waals surface area contributed by atoms with Gasteiger partial charge in [0.25, 0.3) is 0 Å². The first kappa shape index (κ1) is 20.3. The molecule has 1 aromatic carbocycles. The van der Waals surface area contributed by atoms with Crippen molar-refractivity contribution in [3.8, 4) is 0 Å². The number of fused-ring (bicyclic) bond motifs is 1. The minimum atomic E-state index is -0.781. The number of rotatable bonds is 7. The lowest BCUT2D eigenvalue weighted by atomic mass is 10.0. The van der Waals surface area contributed by atoms with Gasteiger partial charge < -0.3 is 15.8 Å². The molecule has 1 heterocycles. The molecule has 0 aliphatic heterocycles. The number of nitrogens with one attached hydrogen (secondary N) is 1. The lowest BCUT2D eigenvalue weighted by Gasteiger charge is -2.16. The fourth-order valence-corrected chi connectivity index (χ4v) is 3.18. The van der Waals surface area contributed by atoms with Crippen molar-refractivity contribution in [2.24, 2.45) is 5.73 Å². The fourth-order valence-electron chi connectivity index (χ4n) is 2.51. The van der Waals surface area contributed by atoms with E-state index in [1.165, 1.54) is 0 Å². The molecule has 0 saturated carbocycles. The van der Waals surface area contributed by atoms with Gasteiger partial charge in [-0.2, -0.15) is 11.8 Å². The van der Waals surface area contributed by atoms with Crippen LogP contribution in [0.25, 0.3) is 10.9 Å². The van der Waals surface area contributed by atoms with E-state index in [4.69, 9.17) is 22.1 Å². The van der Waals surface area contributed by atoms with E-state index in [0.717, 1.165) is 22.0 Å². The van der Waals surface area contributed by atoms with Crippen molar-refractivity contribution >= 4 is 46.3 Å². The van der Waals surface area contributed by atoms with Crippen LogP contribution >= 0.6 is 23.4 Å². The molecule has 6 nitrogen and oxygen atoms in total. The number of nitrogens with zero attached hydrogens (tertiary/aromatic N) is 1. The SMILES string of the molecule is CSCC[C@H](NC(N)=O)C(=O)OCc1cc2ccc(C)c(C)c2nc1Cl. The van der Waals surface area contributed by atoms with Gasteiger partial charge in [0.1, 0.15) is 17.8 Å². The number of hydrogen-bond donors (Lipinski definition) is 2. The van der Waals surface area contributed by atoms with Crippen LogP contribution in [0.3, 0.4) is 0 Å². The highest BCUT2D eigenvalue weighted by molar-refractivity contribution is 7.98. The lowest BCUT2D eigenvalue weighted by molar-refractivity contribution is -0.147. The first-order valence-corrected chi connectivity index (χ1v) is 9.87. The zero-order chi connectivity index (χ0) is 19.3. The Hall–Kier alpha value is -1.99. The highest BCUT2D eigenvalue weighted by Gasteiger charge is 2.21. The molecular weight excluding hydrogens is 374 g/mol. The third-order valence-corrected chi connectivity index (χ3v) is 5.09. The number of halogens is 1. The summed E-state index contributed by atoms with van der Waals surface area (Å²) in [5, 5.41) is 3.63. The van der Waals surface area contributed by atoms with Crippen LogP contribution < -0.4 is 11.1 Å². The number of ether oxygens (including phenoxy) is 1. The van der Waals surface area contributed by atoms with Crippen LogP contribution in [0.1, 0.15) is 23.1 Å². The molecule has 0 fully saturated rings. The Labute approximate surface area is 161 Å². The number of urea groups is 1. The van der Waals surface area contributed by atoms with Gasteiger partial charge in [0.15, 0.2) is 0 Å². The summed E-state index contributed by atoms with van der Waals surface area (Å²) in [7, 11) is 0. The Morgan fingerprint density at radius 1 is 1.38 bits per heavy atom. The van der Waals surface area contributed by atoms with Gasteiger partial charge in [0.2, 0.25) is 0 Å². The number of thioether (sulfide) groups is 1. The molecule has 0 aliphatic carbocycles. The van der Waals surface area contributed by atoms with E-state index in [2.05, 4.69) is 10.3 Å². The van der Waals surface area contributed by atoms with E-state index < -0.39 is 18.0 Å². The predicted octanol–water partition coefficient (Wildman–Crippen LogP) is 3.34. The van der Waals surface area contributed by atoms with Crippen LogP contribution in [0.4, 0.5) is 4.79 Å². The van der Waals surface area contributed by atoms with Crippen molar-refractivity contribution < 1.29 is 14.3 Å². The monoisotopic (exact) mass is 395 g/mol. The average molecular weight is 396 g/mol. The maximum absolute atomic E-state index is 12.3. The van der Waals surface area contributed by atoms with Gasteiger partial charge in [0.05, 0.1) is 5.52 Å². The van der Waals surface area contributed by atoms with Gasteiger partial charge >= 0.3 is 12.0 Å². The van der Waals surface area contributed by atoms with Gasteiger partial charge in [-0.25, -0.2) is 14.6 Å². The van der Waals surface area contributed by atoms with Gasteiger partial charge in [0, 0.05) is 10.9 Å². The van der Waals surface area contributed by atoms with E-state index in [1.807, 2.05) is 38.3 Å². The molecule has 2 amide bonds. The van der Waals surface area contributed by atoms with E-state index in [0.29, 0.717) is 22.9 Å². The van der Waals surface area contributed by atoms with Crippen LogP contribution in [0.15, 0.2) is 18.2 Å². The van der Waals surface area contributed by atoms with Crippen LogP contribution in [0, 0.1) is 13.8 Å². The summed E-state index contributed by atoms with van der Waals surface area (Å²) in [5.41, 5.74) is 8.77. The first-order chi connectivity index (χ1) is 12.3. The number of benzene rings is 1. The largest absolute Gasteiger partial charge is 0.459 e. The number of aromatic nitrogens is 1. The van der Waals surface area contributed by atoms with Crippen LogP contribution in [-0.2, 0) is 16.1 Å². The number of pyridine rings is 1. The minimum absolute atomic E-state index is 0.0241. The maximum atomic E-state index is 12.3. The fraction of sp³-hybridized carbons (Fsp3) is 0.389. The number of esters is 1. The lowest BCUT2D eigenvalue weighted by Crippen LogP contribution is -2.44. The molecule has 8 heteroatoms. The molecule has 2 aromatic rings. The Bertz CT molecular complexity index is 829. The van der Waals surface area contributed by atoms with Crippen molar-refractivity contribution in [1.82, 2.24) is 10.3 Å². The molecule has 0 spiro atoms. The molecule has 0 bridgehead atoms. The van der Waals surface area contributed by atoms with Gasteiger partial charge in [-0.3, -0.25) is 0 Å². The van der Waals surface area contributed by atoms with Gasteiger partial charge in [-0.05, 0) is 49.5 Å². The molecule has 0 radical (unpaired) electrons. The van der Waals surface area contributed by atoms with Gasteiger partial charge in [-0.1, -0.05) is 23.7 Å². The number of primary amides is 1. The summed E-state index contributed by atoms with van der Waals surface area (Å²) in [6.45, 7) is 3.98. The molecule has 140 valence electrons. The topological polar surface area (TPSA) is 94.3 Å². The molecule has 0 aliphatic rings. The zero-order valence-electron chi connectivity index (χ0n) is 15.0.